The lowest BCUT2D eigenvalue weighted by molar-refractivity contribution is -0.0456. The Morgan fingerprint density at radius 1 is 1.08 bits per heavy atom. The maximum atomic E-state index is 13.3. The van der Waals surface area contributed by atoms with Gasteiger partial charge in [0.1, 0.15) is 5.60 Å². The van der Waals surface area contributed by atoms with Gasteiger partial charge in [0.15, 0.2) is 5.13 Å². The maximum absolute atomic E-state index is 13.3. The number of urea groups is 1. The van der Waals surface area contributed by atoms with Crippen molar-refractivity contribution in [3.8, 4) is 27.8 Å². The Hall–Kier alpha value is -3.97. The summed E-state index contributed by atoms with van der Waals surface area (Å²) >= 11 is 1.39. The number of nitrogens with one attached hydrogen (secondary N) is 1. The Kier molecular flexibility index (Phi) is 6.57. The normalized spacial score (nSPS) is 18.4. The van der Waals surface area contributed by atoms with Gasteiger partial charge in [-0.25, -0.2) is 14.6 Å². The monoisotopic (exact) mass is 530 g/mol. The fraction of sp³-hybridized carbons (Fsp3) is 0.393. The molecule has 2 atom stereocenters. The molecule has 2 fully saturated rings. The van der Waals surface area contributed by atoms with Crippen LogP contribution < -0.4 is 5.32 Å². The topological polar surface area (TPSA) is 111 Å². The van der Waals surface area contributed by atoms with Gasteiger partial charge in [0.05, 0.1) is 34.3 Å². The Balaban J connectivity index is 1.38. The van der Waals surface area contributed by atoms with Gasteiger partial charge in [-0.3, -0.25) is 10.3 Å². The molecule has 0 saturated carbocycles. The number of rotatable bonds is 3. The number of hydrogen-bond acceptors (Lipinski definition) is 7. The number of amides is 3. The van der Waals surface area contributed by atoms with Crippen LogP contribution in [0.4, 0.5) is 14.7 Å². The van der Waals surface area contributed by atoms with Crippen LogP contribution in [0.15, 0.2) is 36.4 Å². The molecule has 0 spiro atoms. The third-order valence-corrected chi connectivity index (χ3v) is 7.55. The molecular weight excluding hydrogens is 500 g/mol. The standard InChI is InChI=1S/C28H30N6O3S/c1-16-9-20(10-17(2)30-16)24-23(19-8-6-7-18(11-19)13-29)31-25(38-24)32-26(35)34-21-12-22(34)15-33(14-21)27(36)37-28(3,4)5/h6-11,21-22H,12,14-15H2,1-5H3,(H,31,32,35). The first-order valence-electron chi connectivity index (χ1n) is 12.5. The third-order valence-electron chi connectivity index (χ3n) is 6.53. The van der Waals surface area contributed by atoms with Crippen molar-refractivity contribution in [3.05, 3.63) is 53.3 Å². The zero-order chi connectivity index (χ0) is 27.2. The minimum Gasteiger partial charge on any atom is -0.444 e. The van der Waals surface area contributed by atoms with E-state index in [1.807, 2.05) is 58.9 Å². The van der Waals surface area contributed by atoms with Crippen molar-refractivity contribution in [2.24, 2.45) is 0 Å². The summed E-state index contributed by atoms with van der Waals surface area (Å²) in [5.41, 5.74) is 4.21. The smallest absolute Gasteiger partial charge is 0.410 e. The van der Waals surface area contributed by atoms with E-state index < -0.39 is 5.60 Å². The lowest BCUT2D eigenvalue weighted by atomic mass is 9.88. The molecular formula is C28H30N6O3S. The van der Waals surface area contributed by atoms with Crippen molar-refractivity contribution in [1.29, 1.82) is 5.26 Å². The summed E-state index contributed by atoms with van der Waals surface area (Å²) in [5, 5.41) is 12.9. The SMILES string of the molecule is Cc1cc(-c2sc(NC(=O)N3C4CC3CN(C(=O)OC(C)(C)C)C4)nc2-c2cccc(C#N)c2)cc(C)n1. The van der Waals surface area contributed by atoms with Crippen LogP contribution in [0.25, 0.3) is 21.7 Å². The predicted octanol–water partition coefficient (Wildman–Crippen LogP) is 5.59. The number of likely N-dealkylation sites (tertiary alicyclic amines) is 2. The molecule has 9 nitrogen and oxygen atoms in total. The molecule has 0 radical (unpaired) electrons. The van der Waals surface area contributed by atoms with Crippen LogP contribution in [0.2, 0.25) is 0 Å². The Morgan fingerprint density at radius 2 is 1.76 bits per heavy atom. The van der Waals surface area contributed by atoms with Crippen molar-refractivity contribution < 1.29 is 14.3 Å². The number of piperazine rings is 1. The molecule has 3 aromatic rings. The second kappa shape index (κ2) is 9.72. The molecule has 2 aliphatic heterocycles. The molecule has 5 rings (SSSR count). The zero-order valence-corrected chi connectivity index (χ0v) is 22.9. The van der Waals surface area contributed by atoms with Gasteiger partial charge in [-0.2, -0.15) is 5.26 Å². The highest BCUT2D eigenvalue weighted by molar-refractivity contribution is 7.19. The number of aromatic nitrogens is 2. The van der Waals surface area contributed by atoms with Gasteiger partial charge in [-0.05, 0) is 70.9 Å². The van der Waals surface area contributed by atoms with E-state index in [9.17, 15) is 14.9 Å². The Bertz CT molecular complexity index is 1420. The van der Waals surface area contributed by atoms with E-state index in [1.165, 1.54) is 11.3 Å². The number of nitriles is 1. The first-order chi connectivity index (χ1) is 18.0. The molecule has 1 aromatic carbocycles. The van der Waals surface area contributed by atoms with Gasteiger partial charge in [-0.15, -0.1) is 0 Å². The van der Waals surface area contributed by atoms with Crippen molar-refractivity contribution in [1.82, 2.24) is 19.8 Å². The van der Waals surface area contributed by atoms with Crippen LogP contribution in [0.5, 0.6) is 0 Å². The number of hydrogen-bond donors (Lipinski definition) is 1. The van der Waals surface area contributed by atoms with E-state index in [0.717, 1.165) is 33.8 Å². The van der Waals surface area contributed by atoms with E-state index in [0.29, 0.717) is 29.5 Å². The molecule has 38 heavy (non-hydrogen) atoms. The molecule has 2 unspecified atom stereocenters. The van der Waals surface area contributed by atoms with Gasteiger partial charge >= 0.3 is 12.1 Å². The number of nitrogens with zero attached hydrogens (tertiary/aromatic N) is 5. The fourth-order valence-corrected chi connectivity index (χ4v) is 6.00. The van der Waals surface area contributed by atoms with Crippen molar-refractivity contribution in [2.45, 2.75) is 58.7 Å². The highest BCUT2D eigenvalue weighted by Gasteiger charge is 2.49. The average Bonchev–Trinajstić information content (AvgIpc) is 3.26. The summed E-state index contributed by atoms with van der Waals surface area (Å²) < 4.78 is 5.51. The zero-order valence-electron chi connectivity index (χ0n) is 22.1. The maximum Gasteiger partial charge on any atom is 0.410 e. The number of fused-ring (bicyclic) bond motifs is 2. The Labute approximate surface area is 226 Å². The highest BCUT2D eigenvalue weighted by atomic mass is 32.1. The fourth-order valence-electron chi connectivity index (χ4n) is 5.04. The van der Waals surface area contributed by atoms with Crippen LogP contribution in [0.1, 0.15) is 44.1 Å². The Morgan fingerprint density at radius 3 is 2.39 bits per heavy atom. The van der Waals surface area contributed by atoms with Gasteiger partial charge in [0.2, 0.25) is 0 Å². The van der Waals surface area contributed by atoms with Crippen molar-refractivity contribution in [3.63, 3.8) is 0 Å². The van der Waals surface area contributed by atoms with Gasteiger partial charge in [0.25, 0.3) is 0 Å². The van der Waals surface area contributed by atoms with E-state index in [-0.39, 0.29) is 24.2 Å². The van der Waals surface area contributed by atoms with E-state index in [4.69, 9.17) is 9.72 Å². The molecule has 2 bridgehead atoms. The summed E-state index contributed by atoms with van der Waals surface area (Å²) in [6.45, 7) is 10.3. The van der Waals surface area contributed by atoms with Crippen LogP contribution in [0, 0.1) is 25.2 Å². The van der Waals surface area contributed by atoms with E-state index in [2.05, 4.69) is 16.4 Å². The summed E-state index contributed by atoms with van der Waals surface area (Å²) in [4.78, 5) is 39.5. The lowest BCUT2D eigenvalue weighted by Gasteiger charge is -2.55. The quantitative estimate of drug-likeness (QED) is 0.473. The number of benzene rings is 1. The molecule has 2 aliphatic rings. The lowest BCUT2D eigenvalue weighted by Crippen LogP contribution is -2.71. The van der Waals surface area contributed by atoms with Crippen molar-refractivity contribution in [2.75, 3.05) is 18.4 Å². The molecule has 1 N–H and O–H groups in total. The highest BCUT2D eigenvalue weighted by Crippen LogP contribution is 2.40. The molecule has 3 amide bonds. The molecule has 4 heterocycles. The summed E-state index contributed by atoms with van der Waals surface area (Å²) in [6, 6.07) is 13.1. The number of carbonyl (C=O) groups is 2. The number of piperidine rings is 1. The average molecular weight is 531 g/mol. The third kappa shape index (κ3) is 5.20. The number of pyridine rings is 1. The van der Waals surface area contributed by atoms with E-state index >= 15 is 0 Å². The summed E-state index contributed by atoms with van der Waals surface area (Å²) in [7, 11) is 0. The summed E-state index contributed by atoms with van der Waals surface area (Å²) in [6.07, 6.45) is 0.515. The van der Waals surface area contributed by atoms with Crippen LogP contribution in [0.3, 0.4) is 0 Å². The van der Waals surface area contributed by atoms with Crippen molar-refractivity contribution >= 4 is 28.6 Å². The first kappa shape index (κ1) is 25.7. The number of anilines is 1. The molecule has 2 saturated heterocycles. The van der Waals surface area contributed by atoms with Gasteiger partial charge < -0.3 is 14.5 Å². The molecule has 196 valence electrons. The predicted molar refractivity (Wildman–Crippen MR) is 146 cm³/mol. The second-order valence-corrected chi connectivity index (χ2v) is 11.8. The van der Waals surface area contributed by atoms with Gasteiger partial charge in [-0.1, -0.05) is 23.5 Å². The second-order valence-electron chi connectivity index (χ2n) is 10.8. The molecule has 10 heteroatoms. The van der Waals surface area contributed by atoms with Crippen LogP contribution >= 0.6 is 11.3 Å². The minimum absolute atomic E-state index is 0.0574. The molecule has 0 aliphatic carbocycles. The largest absolute Gasteiger partial charge is 0.444 e. The first-order valence-corrected chi connectivity index (χ1v) is 13.4. The number of carbonyl (C=O) groups excluding carboxylic acids is 2. The number of thiazole rings is 1. The van der Waals surface area contributed by atoms with Gasteiger partial charge in [0, 0.05) is 30.0 Å². The molecule has 2 aromatic heterocycles. The minimum atomic E-state index is -0.561. The van der Waals surface area contributed by atoms with Crippen LogP contribution in [-0.2, 0) is 4.74 Å². The number of ether oxygens (including phenoxy) is 1. The van der Waals surface area contributed by atoms with Crippen LogP contribution in [-0.4, -0.2) is 62.7 Å². The van der Waals surface area contributed by atoms with E-state index in [1.54, 1.807) is 21.9 Å². The summed E-state index contributed by atoms with van der Waals surface area (Å²) in [5.74, 6) is 0. The number of aryl methyl sites for hydroxylation is 2.